The lowest BCUT2D eigenvalue weighted by molar-refractivity contribution is -0.141. The Morgan fingerprint density at radius 1 is 1.35 bits per heavy atom. The van der Waals surface area contributed by atoms with E-state index in [9.17, 15) is 14.4 Å². The van der Waals surface area contributed by atoms with Gasteiger partial charge in [0.2, 0.25) is 5.91 Å². The summed E-state index contributed by atoms with van der Waals surface area (Å²) in [5.41, 5.74) is 4.99. The van der Waals surface area contributed by atoms with Gasteiger partial charge in [-0.3, -0.25) is 4.79 Å². The van der Waals surface area contributed by atoms with Crippen molar-refractivity contribution in [2.24, 2.45) is 17.6 Å². The van der Waals surface area contributed by atoms with Gasteiger partial charge >= 0.3 is 12.0 Å². The van der Waals surface area contributed by atoms with Gasteiger partial charge in [-0.1, -0.05) is 13.8 Å². The van der Waals surface area contributed by atoms with Crippen LogP contribution in [0.15, 0.2) is 0 Å². The SMILES string of the molecule is CC1CC(C)C(C)N(C(=O)N[C@H](CC(N)=O)C(=O)O)C1. The summed E-state index contributed by atoms with van der Waals surface area (Å²) in [6, 6.07) is -1.70. The van der Waals surface area contributed by atoms with Gasteiger partial charge in [0.15, 0.2) is 0 Å². The molecular weight excluding hydrogens is 262 g/mol. The van der Waals surface area contributed by atoms with Crippen molar-refractivity contribution in [2.75, 3.05) is 6.54 Å². The number of aliphatic carboxylic acids is 1. The number of urea groups is 1. The van der Waals surface area contributed by atoms with Crippen molar-refractivity contribution in [3.8, 4) is 0 Å². The van der Waals surface area contributed by atoms with E-state index in [1.165, 1.54) is 0 Å². The number of carbonyl (C=O) groups excluding carboxylic acids is 2. The molecule has 0 saturated carbocycles. The number of carbonyl (C=O) groups is 3. The highest BCUT2D eigenvalue weighted by Gasteiger charge is 2.33. The van der Waals surface area contributed by atoms with E-state index in [-0.39, 0.29) is 6.04 Å². The van der Waals surface area contributed by atoms with E-state index in [2.05, 4.69) is 19.2 Å². The molecule has 1 rings (SSSR count). The zero-order valence-electron chi connectivity index (χ0n) is 12.1. The van der Waals surface area contributed by atoms with Gasteiger partial charge in [0.05, 0.1) is 6.42 Å². The van der Waals surface area contributed by atoms with E-state index in [0.29, 0.717) is 18.4 Å². The number of hydrogen-bond acceptors (Lipinski definition) is 3. The van der Waals surface area contributed by atoms with Crippen LogP contribution in [-0.4, -0.2) is 46.5 Å². The molecule has 20 heavy (non-hydrogen) atoms. The number of primary amides is 1. The minimum Gasteiger partial charge on any atom is -0.480 e. The van der Waals surface area contributed by atoms with Crippen molar-refractivity contribution in [2.45, 2.75) is 45.7 Å². The number of rotatable bonds is 4. The monoisotopic (exact) mass is 285 g/mol. The number of carboxylic acid groups (broad SMARTS) is 1. The second-order valence-corrected chi connectivity index (χ2v) is 5.72. The van der Waals surface area contributed by atoms with Crippen LogP contribution in [0.4, 0.5) is 4.79 Å². The Bertz CT molecular complexity index is 399. The summed E-state index contributed by atoms with van der Waals surface area (Å²) in [6.07, 6.45) is 0.628. The molecule has 0 bridgehead atoms. The van der Waals surface area contributed by atoms with Gasteiger partial charge in [-0.05, 0) is 25.2 Å². The van der Waals surface area contributed by atoms with Crippen LogP contribution in [0, 0.1) is 11.8 Å². The smallest absolute Gasteiger partial charge is 0.326 e. The summed E-state index contributed by atoms with van der Waals surface area (Å²) in [5.74, 6) is -1.30. The highest BCUT2D eigenvalue weighted by atomic mass is 16.4. The first-order valence-corrected chi connectivity index (χ1v) is 6.80. The third-order valence-electron chi connectivity index (χ3n) is 3.86. The molecule has 7 nitrogen and oxygen atoms in total. The van der Waals surface area contributed by atoms with Crippen LogP contribution >= 0.6 is 0 Å². The largest absolute Gasteiger partial charge is 0.480 e. The molecule has 0 spiro atoms. The summed E-state index contributed by atoms with van der Waals surface area (Å²) in [4.78, 5) is 35.7. The molecule has 1 fully saturated rings. The lowest BCUT2D eigenvalue weighted by Gasteiger charge is -2.41. The average molecular weight is 285 g/mol. The number of likely N-dealkylation sites (tertiary alicyclic amines) is 1. The van der Waals surface area contributed by atoms with Gasteiger partial charge in [0, 0.05) is 12.6 Å². The fourth-order valence-corrected chi connectivity index (χ4v) is 2.62. The molecule has 1 aliphatic rings. The summed E-state index contributed by atoms with van der Waals surface area (Å²) >= 11 is 0. The van der Waals surface area contributed by atoms with E-state index >= 15 is 0 Å². The summed E-state index contributed by atoms with van der Waals surface area (Å²) in [6.45, 7) is 6.65. The Morgan fingerprint density at radius 3 is 2.45 bits per heavy atom. The second-order valence-electron chi connectivity index (χ2n) is 5.72. The van der Waals surface area contributed by atoms with Crippen LogP contribution in [0.2, 0.25) is 0 Å². The zero-order chi connectivity index (χ0) is 15.4. The fraction of sp³-hybridized carbons (Fsp3) is 0.769. The third kappa shape index (κ3) is 4.11. The summed E-state index contributed by atoms with van der Waals surface area (Å²) in [7, 11) is 0. The van der Waals surface area contributed by atoms with Crippen LogP contribution in [0.5, 0.6) is 0 Å². The van der Waals surface area contributed by atoms with Crippen molar-refractivity contribution in [3.63, 3.8) is 0 Å². The molecule has 1 aliphatic heterocycles. The van der Waals surface area contributed by atoms with Gasteiger partial charge in [-0.15, -0.1) is 0 Å². The molecule has 114 valence electrons. The van der Waals surface area contributed by atoms with Gasteiger partial charge in [0.25, 0.3) is 0 Å². The predicted molar refractivity (Wildman–Crippen MR) is 72.9 cm³/mol. The maximum Gasteiger partial charge on any atom is 0.326 e. The van der Waals surface area contributed by atoms with E-state index < -0.39 is 30.4 Å². The molecule has 7 heteroatoms. The lowest BCUT2D eigenvalue weighted by Crippen LogP contribution is -2.56. The molecule has 1 heterocycles. The van der Waals surface area contributed by atoms with Gasteiger partial charge in [-0.2, -0.15) is 0 Å². The van der Waals surface area contributed by atoms with E-state index in [1.54, 1.807) is 4.90 Å². The van der Waals surface area contributed by atoms with Crippen molar-refractivity contribution in [3.05, 3.63) is 0 Å². The van der Waals surface area contributed by atoms with Gasteiger partial charge in [0.1, 0.15) is 6.04 Å². The number of hydrogen-bond donors (Lipinski definition) is 3. The van der Waals surface area contributed by atoms with Crippen molar-refractivity contribution >= 4 is 17.9 Å². The zero-order valence-corrected chi connectivity index (χ0v) is 12.1. The molecule has 3 amide bonds. The molecular formula is C13H23N3O4. The molecule has 4 atom stereocenters. The van der Waals surface area contributed by atoms with E-state index in [4.69, 9.17) is 10.8 Å². The number of amides is 3. The van der Waals surface area contributed by atoms with E-state index in [0.717, 1.165) is 6.42 Å². The van der Waals surface area contributed by atoms with E-state index in [1.807, 2.05) is 6.92 Å². The topological polar surface area (TPSA) is 113 Å². The second kappa shape index (κ2) is 6.58. The van der Waals surface area contributed by atoms with Crippen molar-refractivity contribution in [1.82, 2.24) is 10.2 Å². The standard InChI is InChI=1S/C13H23N3O4/c1-7-4-8(2)9(3)16(6-7)13(20)15-10(12(18)19)5-11(14)17/h7-10H,4-6H2,1-3H3,(H2,14,17)(H,15,20)(H,18,19)/t7?,8?,9?,10-/m1/s1. The number of nitrogens with one attached hydrogen (secondary N) is 1. The summed E-state index contributed by atoms with van der Waals surface area (Å²) in [5, 5.41) is 11.4. The third-order valence-corrected chi connectivity index (χ3v) is 3.86. The Morgan fingerprint density at radius 2 is 1.95 bits per heavy atom. The van der Waals surface area contributed by atoms with Crippen LogP contribution in [0.1, 0.15) is 33.6 Å². The predicted octanol–water partition coefficient (Wildman–Crippen LogP) is 0.391. The number of piperidine rings is 1. The highest BCUT2D eigenvalue weighted by molar-refractivity contribution is 5.87. The molecule has 0 radical (unpaired) electrons. The van der Waals surface area contributed by atoms with Crippen LogP contribution in [-0.2, 0) is 9.59 Å². The van der Waals surface area contributed by atoms with Crippen LogP contribution in [0.25, 0.3) is 0 Å². The van der Waals surface area contributed by atoms with Crippen molar-refractivity contribution in [1.29, 1.82) is 0 Å². The van der Waals surface area contributed by atoms with Gasteiger partial charge in [-0.25, -0.2) is 9.59 Å². The fourth-order valence-electron chi connectivity index (χ4n) is 2.62. The molecule has 0 aromatic rings. The maximum atomic E-state index is 12.2. The molecule has 0 aromatic carbocycles. The minimum absolute atomic E-state index is 0.0363. The highest BCUT2D eigenvalue weighted by Crippen LogP contribution is 2.26. The Kier molecular flexibility index (Phi) is 5.35. The number of nitrogens with zero attached hydrogens (tertiary/aromatic N) is 1. The molecule has 3 unspecified atom stereocenters. The van der Waals surface area contributed by atoms with Crippen LogP contribution in [0.3, 0.4) is 0 Å². The first-order chi connectivity index (χ1) is 9.22. The first kappa shape index (κ1) is 16.3. The Labute approximate surface area is 118 Å². The number of nitrogens with two attached hydrogens (primary N) is 1. The van der Waals surface area contributed by atoms with Crippen molar-refractivity contribution < 1.29 is 19.5 Å². The maximum absolute atomic E-state index is 12.2. The average Bonchev–Trinajstić information content (AvgIpc) is 2.32. The quantitative estimate of drug-likeness (QED) is 0.693. The summed E-state index contributed by atoms with van der Waals surface area (Å²) < 4.78 is 0. The molecule has 1 saturated heterocycles. The Hall–Kier alpha value is -1.79. The minimum atomic E-state index is -1.28. The molecule has 0 aliphatic carbocycles. The number of carboxylic acids is 1. The lowest BCUT2D eigenvalue weighted by atomic mass is 9.86. The molecule has 4 N–H and O–H groups in total. The Balaban J connectivity index is 2.72. The van der Waals surface area contributed by atoms with Crippen LogP contribution < -0.4 is 11.1 Å². The first-order valence-electron chi connectivity index (χ1n) is 6.80. The van der Waals surface area contributed by atoms with Gasteiger partial charge < -0.3 is 21.1 Å². The normalized spacial score (nSPS) is 27.8. The molecule has 0 aromatic heterocycles.